The second-order valence-corrected chi connectivity index (χ2v) is 6.24. The molecule has 3 rings (SSSR count). The summed E-state index contributed by atoms with van der Waals surface area (Å²) >= 11 is 5.86. The SMILES string of the molecule is O[C@@H](c1ccccn1)C1CCN(CCn2cc(Cl)cn2)CC1. The summed E-state index contributed by atoms with van der Waals surface area (Å²) in [6.45, 7) is 3.82. The van der Waals surface area contributed by atoms with Crippen molar-refractivity contribution in [3.63, 3.8) is 0 Å². The highest BCUT2D eigenvalue weighted by molar-refractivity contribution is 6.30. The zero-order valence-corrected chi connectivity index (χ0v) is 13.2. The zero-order chi connectivity index (χ0) is 15.4. The number of piperidine rings is 1. The first-order valence-electron chi connectivity index (χ1n) is 7.71. The highest BCUT2D eigenvalue weighted by atomic mass is 35.5. The van der Waals surface area contributed by atoms with Crippen LogP contribution in [0.2, 0.25) is 5.02 Å². The van der Waals surface area contributed by atoms with E-state index in [0.29, 0.717) is 10.9 Å². The second kappa shape index (κ2) is 7.22. The van der Waals surface area contributed by atoms with Gasteiger partial charge in [0.2, 0.25) is 0 Å². The summed E-state index contributed by atoms with van der Waals surface area (Å²) in [6, 6.07) is 5.70. The molecule has 22 heavy (non-hydrogen) atoms. The van der Waals surface area contributed by atoms with E-state index in [9.17, 15) is 5.11 Å². The number of aliphatic hydroxyl groups is 1. The molecule has 2 aromatic heterocycles. The Bertz CT molecular complexity index is 581. The quantitative estimate of drug-likeness (QED) is 0.919. The summed E-state index contributed by atoms with van der Waals surface area (Å²) in [4.78, 5) is 6.68. The molecular formula is C16H21ClN4O. The first-order chi connectivity index (χ1) is 10.7. The number of aromatic nitrogens is 3. The van der Waals surface area contributed by atoms with Gasteiger partial charge in [-0.25, -0.2) is 0 Å². The molecule has 0 bridgehead atoms. The van der Waals surface area contributed by atoms with Crippen LogP contribution in [-0.4, -0.2) is 44.4 Å². The van der Waals surface area contributed by atoms with Gasteiger partial charge in [-0.15, -0.1) is 0 Å². The van der Waals surface area contributed by atoms with Crippen molar-refractivity contribution in [1.82, 2.24) is 19.7 Å². The number of aliphatic hydroxyl groups excluding tert-OH is 1. The van der Waals surface area contributed by atoms with Crippen LogP contribution in [0.3, 0.4) is 0 Å². The Morgan fingerprint density at radius 2 is 2.09 bits per heavy atom. The third-order valence-corrected chi connectivity index (χ3v) is 4.51. The van der Waals surface area contributed by atoms with E-state index in [2.05, 4.69) is 15.0 Å². The number of nitrogens with zero attached hydrogens (tertiary/aromatic N) is 4. The molecule has 0 spiro atoms. The van der Waals surface area contributed by atoms with Crippen molar-refractivity contribution in [2.45, 2.75) is 25.5 Å². The monoisotopic (exact) mass is 320 g/mol. The Morgan fingerprint density at radius 3 is 2.73 bits per heavy atom. The number of likely N-dealkylation sites (tertiary alicyclic amines) is 1. The molecule has 118 valence electrons. The third-order valence-electron chi connectivity index (χ3n) is 4.32. The maximum absolute atomic E-state index is 10.4. The van der Waals surface area contributed by atoms with Gasteiger partial charge >= 0.3 is 0 Å². The lowest BCUT2D eigenvalue weighted by Gasteiger charge is -2.34. The molecule has 2 aromatic rings. The minimum atomic E-state index is -0.451. The molecule has 0 amide bonds. The standard InChI is InChI=1S/C16H21ClN4O/c17-14-11-19-21(12-14)10-9-20-7-4-13(5-8-20)16(22)15-3-1-2-6-18-15/h1-3,6,11-13,16,22H,4-5,7-10H2/t16-/m1/s1. The van der Waals surface area contributed by atoms with Gasteiger partial charge < -0.3 is 10.0 Å². The number of rotatable bonds is 5. The minimum absolute atomic E-state index is 0.297. The third kappa shape index (κ3) is 3.85. The van der Waals surface area contributed by atoms with Crippen molar-refractivity contribution in [1.29, 1.82) is 0 Å². The van der Waals surface area contributed by atoms with Gasteiger partial charge in [0.25, 0.3) is 0 Å². The fourth-order valence-electron chi connectivity index (χ4n) is 2.99. The number of pyridine rings is 1. The van der Waals surface area contributed by atoms with Crippen LogP contribution in [0.15, 0.2) is 36.8 Å². The summed E-state index contributed by atoms with van der Waals surface area (Å²) in [5.74, 6) is 0.297. The number of hydrogen-bond acceptors (Lipinski definition) is 4. The molecule has 1 aliphatic heterocycles. The Hall–Kier alpha value is -1.43. The van der Waals surface area contributed by atoms with Crippen molar-refractivity contribution < 1.29 is 5.11 Å². The van der Waals surface area contributed by atoms with Crippen LogP contribution in [0.25, 0.3) is 0 Å². The fourth-order valence-corrected chi connectivity index (χ4v) is 3.15. The molecule has 0 radical (unpaired) electrons. The molecule has 5 nitrogen and oxygen atoms in total. The molecule has 6 heteroatoms. The summed E-state index contributed by atoms with van der Waals surface area (Å²) in [6.07, 6.45) is 6.79. The van der Waals surface area contributed by atoms with Gasteiger partial charge in [0.15, 0.2) is 0 Å². The van der Waals surface area contributed by atoms with E-state index in [1.807, 2.05) is 29.1 Å². The topological polar surface area (TPSA) is 54.2 Å². The summed E-state index contributed by atoms with van der Waals surface area (Å²) in [5.41, 5.74) is 0.784. The van der Waals surface area contributed by atoms with Crippen LogP contribution < -0.4 is 0 Å². The average molecular weight is 321 g/mol. The van der Waals surface area contributed by atoms with Gasteiger partial charge in [-0.1, -0.05) is 17.7 Å². The van der Waals surface area contributed by atoms with Gasteiger partial charge in [-0.3, -0.25) is 9.67 Å². The molecule has 0 aliphatic carbocycles. The van der Waals surface area contributed by atoms with Crippen LogP contribution in [-0.2, 0) is 6.54 Å². The molecule has 1 saturated heterocycles. The Morgan fingerprint density at radius 1 is 1.27 bits per heavy atom. The molecular weight excluding hydrogens is 300 g/mol. The van der Waals surface area contributed by atoms with Crippen molar-refractivity contribution >= 4 is 11.6 Å². The highest BCUT2D eigenvalue weighted by Crippen LogP contribution is 2.29. The van der Waals surface area contributed by atoms with Crippen molar-refractivity contribution in [2.24, 2.45) is 5.92 Å². The van der Waals surface area contributed by atoms with E-state index in [0.717, 1.165) is 44.7 Å². The summed E-state index contributed by atoms with van der Waals surface area (Å²) < 4.78 is 1.87. The Labute approximate surface area is 135 Å². The zero-order valence-electron chi connectivity index (χ0n) is 12.5. The lowest BCUT2D eigenvalue weighted by Crippen LogP contribution is -2.37. The molecule has 0 unspecified atom stereocenters. The van der Waals surface area contributed by atoms with Gasteiger partial charge in [0.05, 0.1) is 29.6 Å². The summed E-state index contributed by atoms with van der Waals surface area (Å²) in [5, 5.41) is 15.3. The van der Waals surface area contributed by atoms with E-state index in [4.69, 9.17) is 11.6 Å². The predicted octanol–water partition coefficient (Wildman–Crippen LogP) is 2.38. The largest absolute Gasteiger partial charge is 0.387 e. The molecule has 1 atom stereocenters. The molecule has 3 heterocycles. The van der Waals surface area contributed by atoms with Crippen LogP contribution in [0.1, 0.15) is 24.6 Å². The second-order valence-electron chi connectivity index (χ2n) is 5.80. The predicted molar refractivity (Wildman–Crippen MR) is 85.6 cm³/mol. The van der Waals surface area contributed by atoms with Gasteiger partial charge in [0, 0.05) is 18.9 Å². The lowest BCUT2D eigenvalue weighted by molar-refractivity contribution is 0.0549. The molecule has 1 aliphatic rings. The number of hydrogen-bond donors (Lipinski definition) is 1. The van der Waals surface area contributed by atoms with Gasteiger partial charge in [-0.05, 0) is 44.0 Å². The van der Waals surface area contributed by atoms with Crippen LogP contribution >= 0.6 is 11.6 Å². The fraction of sp³-hybridized carbons (Fsp3) is 0.500. The highest BCUT2D eigenvalue weighted by Gasteiger charge is 2.26. The smallest absolute Gasteiger partial charge is 0.0988 e. The lowest BCUT2D eigenvalue weighted by atomic mass is 9.89. The van der Waals surface area contributed by atoms with E-state index in [-0.39, 0.29) is 0 Å². The normalized spacial score (nSPS) is 18.5. The Kier molecular flexibility index (Phi) is 5.08. The van der Waals surface area contributed by atoms with Crippen molar-refractivity contribution in [3.05, 3.63) is 47.5 Å². The van der Waals surface area contributed by atoms with Crippen LogP contribution in [0.5, 0.6) is 0 Å². The maximum atomic E-state index is 10.4. The minimum Gasteiger partial charge on any atom is -0.387 e. The van der Waals surface area contributed by atoms with Crippen LogP contribution in [0.4, 0.5) is 0 Å². The van der Waals surface area contributed by atoms with E-state index >= 15 is 0 Å². The first-order valence-corrected chi connectivity index (χ1v) is 8.09. The van der Waals surface area contributed by atoms with Crippen molar-refractivity contribution in [3.8, 4) is 0 Å². The Balaban J connectivity index is 1.46. The summed E-state index contributed by atoms with van der Waals surface area (Å²) in [7, 11) is 0. The maximum Gasteiger partial charge on any atom is 0.0988 e. The first kappa shape index (κ1) is 15.5. The van der Waals surface area contributed by atoms with E-state index in [1.165, 1.54) is 0 Å². The van der Waals surface area contributed by atoms with Gasteiger partial charge in [-0.2, -0.15) is 5.10 Å². The van der Waals surface area contributed by atoms with Crippen molar-refractivity contribution in [2.75, 3.05) is 19.6 Å². The number of halogens is 1. The average Bonchev–Trinajstić information content (AvgIpc) is 2.99. The molecule has 1 N–H and O–H groups in total. The van der Waals surface area contributed by atoms with Gasteiger partial charge in [0.1, 0.15) is 0 Å². The van der Waals surface area contributed by atoms with Crippen LogP contribution in [0, 0.1) is 5.92 Å². The molecule has 0 saturated carbocycles. The molecule has 0 aromatic carbocycles. The van der Waals surface area contributed by atoms with E-state index < -0.39 is 6.10 Å². The van der Waals surface area contributed by atoms with E-state index in [1.54, 1.807) is 12.4 Å². The molecule has 1 fully saturated rings.